The third kappa shape index (κ3) is 26.5. The molecule has 0 bridgehead atoms. The van der Waals surface area contributed by atoms with Gasteiger partial charge in [-0.3, -0.25) is 9.59 Å². The molecule has 2 heterocycles. The molecule has 0 aromatic rings. The van der Waals surface area contributed by atoms with E-state index in [0.717, 1.165) is 64.2 Å². The molecule has 2 fully saturated rings. The first-order valence-electron chi connectivity index (χ1n) is 25.6. The highest BCUT2D eigenvalue weighted by Gasteiger charge is 2.47. The molecule has 0 radical (unpaired) electrons. The molecule has 2 rings (SSSR count). The van der Waals surface area contributed by atoms with Crippen molar-refractivity contribution in [2.45, 2.75) is 248 Å². The smallest absolute Gasteiger partial charge is 0.306 e. The van der Waals surface area contributed by atoms with Crippen LogP contribution in [0.2, 0.25) is 0 Å². The topological polar surface area (TPSA) is 231 Å². The van der Waals surface area contributed by atoms with E-state index < -0.39 is 92.7 Å². The first-order chi connectivity index (χ1) is 32.0. The third-order valence-corrected chi connectivity index (χ3v) is 12.1. The van der Waals surface area contributed by atoms with Gasteiger partial charge in [0.2, 0.25) is 0 Å². The molecule has 0 spiro atoms. The van der Waals surface area contributed by atoms with E-state index in [4.69, 9.17) is 28.4 Å². The number of unbranched alkanes of at least 4 members (excludes halogenated alkanes) is 19. The summed E-state index contributed by atoms with van der Waals surface area (Å²) in [7, 11) is 0. The Hall–Kier alpha value is -2.28. The summed E-state index contributed by atoms with van der Waals surface area (Å²) in [5.41, 5.74) is 0. The minimum atomic E-state index is -1.77. The van der Waals surface area contributed by atoms with Crippen molar-refractivity contribution in [3.05, 3.63) is 36.5 Å². The summed E-state index contributed by atoms with van der Waals surface area (Å²) in [4.78, 5) is 25.7. The number of rotatable bonds is 39. The summed E-state index contributed by atoms with van der Waals surface area (Å²) in [6.45, 7) is 2.53. The Balaban J connectivity index is 1.82. The zero-order chi connectivity index (χ0) is 48.2. The molecule has 11 atom stereocenters. The fourth-order valence-corrected chi connectivity index (χ4v) is 7.83. The number of hydrogen-bond donors (Lipinski definition) is 7. The normalized spacial score (nSPS) is 26.4. The molecule has 0 aromatic carbocycles. The molecule has 2 aliphatic heterocycles. The van der Waals surface area contributed by atoms with E-state index in [1.54, 1.807) is 0 Å². The third-order valence-electron chi connectivity index (χ3n) is 12.1. The number of hydrogen-bond acceptors (Lipinski definition) is 15. The molecule has 384 valence electrons. The lowest BCUT2D eigenvalue weighted by Gasteiger charge is -2.42. The van der Waals surface area contributed by atoms with Crippen LogP contribution in [0.25, 0.3) is 0 Å². The van der Waals surface area contributed by atoms with E-state index in [9.17, 15) is 45.3 Å². The van der Waals surface area contributed by atoms with Gasteiger partial charge in [-0.2, -0.15) is 0 Å². The fraction of sp³-hybridized carbons (Fsp3) is 0.843. The summed E-state index contributed by atoms with van der Waals surface area (Å²) < 4.78 is 33.5. The number of carbonyl (C=O) groups is 2. The maximum atomic E-state index is 13.0. The Morgan fingerprint density at radius 3 is 1.47 bits per heavy atom. The van der Waals surface area contributed by atoms with Gasteiger partial charge in [0.15, 0.2) is 18.7 Å². The van der Waals surface area contributed by atoms with Crippen LogP contribution in [0.15, 0.2) is 36.5 Å². The van der Waals surface area contributed by atoms with Crippen LogP contribution in [0, 0.1) is 0 Å². The molecule has 0 aliphatic carbocycles. The summed E-state index contributed by atoms with van der Waals surface area (Å²) in [5, 5.41) is 72.0. The van der Waals surface area contributed by atoms with Crippen LogP contribution in [0.1, 0.15) is 181 Å². The van der Waals surface area contributed by atoms with E-state index in [-0.39, 0.29) is 26.1 Å². The second-order valence-corrected chi connectivity index (χ2v) is 18.0. The Kier molecular flexibility index (Phi) is 35.0. The molecule has 7 N–H and O–H groups in total. The summed E-state index contributed by atoms with van der Waals surface area (Å²) in [5.74, 6) is -0.952. The van der Waals surface area contributed by atoms with Crippen LogP contribution in [-0.2, 0) is 38.0 Å². The van der Waals surface area contributed by atoms with Crippen molar-refractivity contribution >= 4 is 11.9 Å². The van der Waals surface area contributed by atoms with E-state index in [1.807, 2.05) is 0 Å². The molecule has 66 heavy (non-hydrogen) atoms. The zero-order valence-electron chi connectivity index (χ0n) is 40.4. The zero-order valence-corrected chi connectivity index (χ0v) is 40.4. The number of esters is 2. The Bertz CT molecular complexity index is 1290. The average Bonchev–Trinajstić information content (AvgIpc) is 3.31. The summed E-state index contributed by atoms with van der Waals surface area (Å²) >= 11 is 0. The van der Waals surface area contributed by atoms with Gasteiger partial charge in [0, 0.05) is 12.8 Å². The fourth-order valence-electron chi connectivity index (χ4n) is 7.83. The van der Waals surface area contributed by atoms with Crippen molar-refractivity contribution < 1.29 is 73.8 Å². The quantitative estimate of drug-likeness (QED) is 0.0188. The lowest BCUT2D eigenvalue weighted by atomic mass is 9.98. The van der Waals surface area contributed by atoms with Crippen LogP contribution >= 0.6 is 0 Å². The average molecular weight is 943 g/mol. The lowest BCUT2D eigenvalue weighted by Crippen LogP contribution is -2.61. The first kappa shape index (κ1) is 59.8. The van der Waals surface area contributed by atoms with Crippen molar-refractivity contribution in [3.8, 4) is 0 Å². The molecule has 2 saturated heterocycles. The summed E-state index contributed by atoms with van der Waals surface area (Å²) in [6.07, 6.45) is 23.1. The van der Waals surface area contributed by atoms with Crippen LogP contribution in [-0.4, -0.2) is 142 Å². The van der Waals surface area contributed by atoms with Gasteiger partial charge in [0.25, 0.3) is 0 Å². The van der Waals surface area contributed by atoms with Gasteiger partial charge < -0.3 is 64.2 Å². The monoisotopic (exact) mass is 943 g/mol. The molecular formula is C51H90O15. The molecule has 0 amide bonds. The highest BCUT2D eigenvalue weighted by molar-refractivity contribution is 5.70. The van der Waals surface area contributed by atoms with Gasteiger partial charge in [0.1, 0.15) is 55.4 Å². The second kappa shape index (κ2) is 38.6. The maximum Gasteiger partial charge on any atom is 0.306 e. The van der Waals surface area contributed by atoms with Gasteiger partial charge in [-0.1, -0.05) is 134 Å². The first-order valence-corrected chi connectivity index (χ1v) is 25.6. The Morgan fingerprint density at radius 2 is 0.909 bits per heavy atom. The van der Waals surface area contributed by atoms with Crippen molar-refractivity contribution in [1.29, 1.82) is 0 Å². The van der Waals surface area contributed by atoms with Crippen LogP contribution < -0.4 is 0 Å². The molecule has 0 aromatic heterocycles. The molecule has 2 aliphatic rings. The standard InChI is InChI=1S/C51H90O15/c1-3-5-7-9-11-13-15-17-18-19-20-22-23-25-27-29-31-33-42(53)61-36-39(64-43(54)34-32-30-28-26-24-21-16-14-12-10-8-6-4-2)37-62-50-49(60)47(58)45(56)41(66-50)38-63-51-48(59)46(57)44(55)40(35-52)65-51/h11,13,17-18,21,24,39-41,44-52,55-60H,3-10,12,14-16,19-20,22-23,25-38H2,1-2H3/b13-11+,18-17+,24-21+/t39-,40+,41+,44-,45-,46?,47?,48?,49?,50+,51+/m0/s1. The minimum Gasteiger partial charge on any atom is -0.462 e. The highest BCUT2D eigenvalue weighted by Crippen LogP contribution is 2.26. The number of aliphatic hydroxyl groups excluding tert-OH is 7. The SMILES string of the molecule is CCCCC/C=C/C/C=C/CCCCCCCCCC(=O)OC[C@@H](CO[C@@H]1O[C@H](CO[C@@H]2O[C@H](CO)[C@H](O)C(O)C2O)[C@H](O)C(O)C1O)OC(=O)CCCCC/C=C/CCCCCCCC. The molecular weight excluding hydrogens is 853 g/mol. The molecule has 15 heteroatoms. The largest absolute Gasteiger partial charge is 0.462 e. The van der Waals surface area contributed by atoms with Crippen LogP contribution in [0.3, 0.4) is 0 Å². The van der Waals surface area contributed by atoms with Crippen LogP contribution in [0.4, 0.5) is 0 Å². The number of aliphatic hydroxyl groups is 7. The lowest BCUT2D eigenvalue weighted by molar-refractivity contribution is -0.332. The van der Waals surface area contributed by atoms with Crippen molar-refractivity contribution in [3.63, 3.8) is 0 Å². The van der Waals surface area contributed by atoms with Crippen LogP contribution in [0.5, 0.6) is 0 Å². The van der Waals surface area contributed by atoms with Gasteiger partial charge in [-0.25, -0.2) is 0 Å². The number of ether oxygens (including phenoxy) is 6. The Morgan fingerprint density at radius 1 is 0.485 bits per heavy atom. The van der Waals surface area contributed by atoms with E-state index in [0.29, 0.717) is 12.8 Å². The van der Waals surface area contributed by atoms with Gasteiger partial charge in [-0.15, -0.1) is 0 Å². The Labute approximate surface area is 395 Å². The van der Waals surface area contributed by atoms with Crippen molar-refractivity contribution in [2.75, 3.05) is 26.4 Å². The molecule has 0 saturated carbocycles. The van der Waals surface area contributed by atoms with Gasteiger partial charge in [-0.05, 0) is 70.6 Å². The maximum absolute atomic E-state index is 13.0. The van der Waals surface area contributed by atoms with Gasteiger partial charge >= 0.3 is 11.9 Å². The number of carbonyl (C=O) groups excluding carboxylic acids is 2. The summed E-state index contributed by atoms with van der Waals surface area (Å²) in [6, 6.07) is 0. The highest BCUT2D eigenvalue weighted by atomic mass is 16.7. The van der Waals surface area contributed by atoms with E-state index >= 15 is 0 Å². The number of allylic oxidation sites excluding steroid dienone is 6. The predicted molar refractivity (Wildman–Crippen MR) is 252 cm³/mol. The molecule has 4 unspecified atom stereocenters. The van der Waals surface area contributed by atoms with E-state index in [1.165, 1.54) is 77.0 Å². The van der Waals surface area contributed by atoms with E-state index in [2.05, 4.69) is 50.3 Å². The van der Waals surface area contributed by atoms with Crippen molar-refractivity contribution in [1.82, 2.24) is 0 Å². The van der Waals surface area contributed by atoms with Crippen molar-refractivity contribution in [2.24, 2.45) is 0 Å². The predicted octanol–water partition coefficient (Wildman–Crippen LogP) is 6.93. The minimum absolute atomic E-state index is 0.143. The molecule has 15 nitrogen and oxygen atoms in total. The van der Waals surface area contributed by atoms with Gasteiger partial charge in [0.05, 0.1) is 19.8 Å². The second-order valence-electron chi connectivity index (χ2n) is 18.0.